The molecular weight excluding hydrogens is 48.8 g/mol. The van der Waals surface area contributed by atoms with Crippen LogP contribution in [0.2, 0.25) is 6.32 Å². The van der Waals surface area contributed by atoms with E-state index in [0.29, 0.717) is 0 Å². The highest BCUT2D eigenvalue weighted by molar-refractivity contribution is 6.08. The van der Waals surface area contributed by atoms with Gasteiger partial charge in [-0.15, -0.1) is 0 Å². The molecule has 4 heavy (non-hydrogen) atoms. The lowest BCUT2D eigenvalue weighted by molar-refractivity contribution is 1.13. The Labute approximate surface area is 27.6 Å². The molecule has 0 bridgehead atoms. The highest BCUT2D eigenvalue weighted by atomic mass is 14.5. The second-order valence-corrected chi connectivity index (χ2v) is 0.789. The molecule has 0 aliphatic rings. The minimum atomic E-state index is 0.819. The van der Waals surface area contributed by atoms with E-state index >= 15 is 0 Å². The summed E-state index contributed by atoms with van der Waals surface area (Å²) >= 11 is 0. The van der Waals surface area contributed by atoms with Crippen LogP contribution in [0.4, 0.5) is 0 Å². The molecular formula is C2H8BN. The second kappa shape index (κ2) is 3.02. The van der Waals surface area contributed by atoms with Crippen LogP contribution in [0.3, 0.4) is 0 Å². The molecule has 0 atom stereocenters. The van der Waals surface area contributed by atoms with Gasteiger partial charge in [-0.05, 0) is 6.54 Å². The highest BCUT2D eigenvalue weighted by Gasteiger charge is 1.57. The zero-order chi connectivity index (χ0) is 3.41. The third kappa shape index (κ3) is 2.02. The maximum absolute atomic E-state index is 5.03. The second-order valence-electron chi connectivity index (χ2n) is 0.789. The van der Waals surface area contributed by atoms with E-state index in [0.717, 1.165) is 12.9 Å². The largest absolute Gasteiger partial charge is 0.331 e. The van der Waals surface area contributed by atoms with Crippen molar-refractivity contribution in [3.8, 4) is 0 Å². The van der Waals surface area contributed by atoms with Gasteiger partial charge in [-0.25, -0.2) is 0 Å². The van der Waals surface area contributed by atoms with Crippen molar-refractivity contribution in [1.82, 2.24) is 0 Å². The third-order valence-electron chi connectivity index (χ3n) is 0.289. The van der Waals surface area contributed by atoms with Crippen LogP contribution in [-0.2, 0) is 0 Å². The van der Waals surface area contributed by atoms with Crippen molar-refractivity contribution < 1.29 is 0 Å². The molecule has 0 aliphatic carbocycles. The lowest BCUT2D eigenvalue weighted by atomic mass is 10.1. The summed E-state index contributed by atoms with van der Waals surface area (Å²) in [5, 5.41) is 0. The average Bonchev–Trinajstić information content (AvgIpc) is 1.37. The van der Waals surface area contributed by atoms with Crippen LogP contribution in [0.1, 0.15) is 0 Å². The Balaban J connectivity index is 1.97. The molecule has 0 rings (SSSR count). The van der Waals surface area contributed by atoms with Crippen molar-refractivity contribution in [1.29, 1.82) is 0 Å². The van der Waals surface area contributed by atoms with Gasteiger partial charge in [0.05, 0.1) is 0 Å². The molecule has 0 radical (unpaired) electrons. The van der Waals surface area contributed by atoms with E-state index in [4.69, 9.17) is 5.73 Å². The predicted molar refractivity (Wildman–Crippen MR) is 22.4 cm³/mol. The predicted octanol–water partition coefficient (Wildman–Crippen LogP) is -1.00. The zero-order valence-corrected chi connectivity index (χ0v) is 2.99. The Bertz CT molecular complexity index is 8.00. The number of nitrogens with two attached hydrogens (primary N) is 1. The maximum Gasteiger partial charge on any atom is 0.102 e. The summed E-state index contributed by atoms with van der Waals surface area (Å²) in [7, 11) is 2.06. The van der Waals surface area contributed by atoms with Crippen molar-refractivity contribution in [3.63, 3.8) is 0 Å². The van der Waals surface area contributed by atoms with Gasteiger partial charge in [-0.2, -0.15) is 0 Å². The third-order valence-corrected chi connectivity index (χ3v) is 0.289. The van der Waals surface area contributed by atoms with E-state index in [1.807, 2.05) is 0 Å². The molecule has 0 saturated heterocycles. The Kier molecular flexibility index (Phi) is 3.04. The van der Waals surface area contributed by atoms with Gasteiger partial charge in [0.25, 0.3) is 0 Å². The van der Waals surface area contributed by atoms with Crippen LogP contribution in [0.25, 0.3) is 0 Å². The monoisotopic (exact) mass is 57.1 g/mol. The normalized spacial score (nSPS) is 7.25. The van der Waals surface area contributed by atoms with Crippen molar-refractivity contribution in [2.24, 2.45) is 5.73 Å². The van der Waals surface area contributed by atoms with Crippen LogP contribution >= 0.6 is 0 Å². The van der Waals surface area contributed by atoms with Crippen LogP contribution in [0.15, 0.2) is 0 Å². The molecule has 24 valence electrons. The molecule has 0 aromatic carbocycles. The smallest absolute Gasteiger partial charge is 0.102 e. The fourth-order valence-corrected chi connectivity index (χ4v) is 0. The Hall–Kier alpha value is 0.0249. The minimum Gasteiger partial charge on any atom is -0.331 e. The van der Waals surface area contributed by atoms with E-state index in [1.54, 1.807) is 0 Å². The van der Waals surface area contributed by atoms with E-state index in [1.165, 1.54) is 0 Å². The fraction of sp³-hybridized carbons (Fsp3) is 1.00. The van der Waals surface area contributed by atoms with Gasteiger partial charge in [-0.1, -0.05) is 6.32 Å². The Morgan fingerprint density at radius 3 is 2.00 bits per heavy atom. The van der Waals surface area contributed by atoms with Crippen molar-refractivity contribution >= 4 is 7.85 Å². The van der Waals surface area contributed by atoms with Crippen LogP contribution in [-0.4, -0.2) is 14.4 Å². The van der Waals surface area contributed by atoms with E-state index in [2.05, 4.69) is 7.85 Å². The molecule has 0 unspecified atom stereocenters. The summed E-state index contributed by atoms with van der Waals surface area (Å²) in [6.45, 7) is 0.819. The van der Waals surface area contributed by atoms with Crippen molar-refractivity contribution in [2.75, 3.05) is 6.54 Å². The van der Waals surface area contributed by atoms with Crippen LogP contribution in [0.5, 0.6) is 0 Å². The summed E-state index contributed by atoms with van der Waals surface area (Å²) in [5.41, 5.74) is 5.03. The van der Waals surface area contributed by atoms with Gasteiger partial charge >= 0.3 is 0 Å². The maximum atomic E-state index is 5.03. The molecule has 0 aromatic rings. The van der Waals surface area contributed by atoms with E-state index in [9.17, 15) is 0 Å². The number of hydrogen-bond acceptors (Lipinski definition) is 1. The summed E-state index contributed by atoms with van der Waals surface area (Å²) < 4.78 is 0. The molecule has 1 nitrogen and oxygen atoms in total. The van der Waals surface area contributed by atoms with E-state index < -0.39 is 0 Å². The van der Waals surface area contributed by atoms with Gasteiger partial charge in [0, 0.05) is 0 Å². The first-order valence-electron chi connectivity index (χ1n) is 1.62. The topological polar surface area (TPSA) is 26.0 Å². The van der Waals surface area contributed by atoms with Gasteiger partial charge in [-0.3, -0.25) is 0 Å². The van der Waals surface area contributed by atoms with Crippen LogP contribution in [0, 0.1) is 0 Å². The molecule has 0 aromatic heterocycles. The Morgan fingerprint density at radius 2 is 2.00 bits per heavy atom. The SMILES string of the molecule is BCCN. The molecule has 0 fully saturated rings. The molecule has 0 aliphatic heterocycles. The first-order chi connectivity index (χ1) is 1.91. The Morgan fingerprint density at radius 1 is 1.75 bits per heavy atom. The van der Waals surface area contributed by atoms with Crippen molar-refractivity contribution in [2.45, 2.75) is 6.32 Å². The van der Waals surface area contributed by atoms with Gasteiger partial charge in [0.1, 0.15) is 7.85 Å². The lowest BCUT2D eigenvalue weighted by Crippen LogP contribution is -1.94. The summed E-state index contributed by atoms with van der Waals surface area (Å²) in [6.07, 6.45) is 1.10. The first kappa shape index (κ1) is 4.02. The van der Waals surface area contributed by atoms with Gasteiger partial charge < -0.3 is 5.73 Å². The fourth-order valence-electron chi connectivity index (χ4n) is 0. The number of hydrogen-bond donors (Lipinski definition) is 1. The van der Waals surface area contributed by atoms with Gasteiger partial charge in [0.2, 0.25) is 0 Å². The molecule has 0 amide bonds. The summed E-state index contributed by atoms with van der Waals surface area (Å²) in [5.74, 6) is 0. The van der Waals surface area contributed by atoms with Gasteiger partial charge in [0.15, 0.2) is 0 Å². The summed E-state index contributed by atoms with van der Waals surface area (Å²) in [4.78, 5) is 0. The van der Waals surface area contributed by atoms with Crippen LogP contribution < -0.4 is 5.73 Å². The molecule has 0 saturated carbocycles. The zero-order valence-electron chi connectivity index (χ0n) is 2.99. The minimum absolute atomic E-state index is 0.819. The highest BCUT2D eigenvalue weighted by Crippen LogP contribution is 1.51. The lowest BCUT2D eigenvalue weighted by Gasteiger charge is -1.69. The van der Waals surface area contributed by atoms with E-state index in [-0.39, 0.29) is 0 Å². The average molecular weight is 56.9 g/mol. The quantitative estimate of drug-likeness (QED) is 0.383. The van der Waals surface area contributed by atoms with Crippen molar-refractivity contribution in [3.05, 3.63) is 0 Å². The summed E-state index contributed by atoms with van der Waals surface area (Å²) in [6, 6.07) is 0. The first-order valence-corrected chi connectivity index (χ1v) is 1.62. The number of rotatable bonds is 1. The standard InChI is InChI=1S/C2H8BN/c3-1-2-4/h1-4H2. The molecule has 0 spiro atoms. The molecule has 2 heteroatoms. The molecule has 0 heterocycles. The molecule has 2 N–H and O–H groups in total.